The van der Waals surface area contributed by atoms with Crippen molar-refractivity contribution in [2.75, 3.05) is 13.7 Å². The number of unbranched alkanes of at least 4 members (excludes halogenated alkanes) is 2. The SMILES string of the molecule is COC(=O)C/C=C/CCCCO. The predicted octanol–water partition coefficient (Wildman–Crippen LogP) is 1.27. The standard InChI is InChI=1S/C9H16O3/c1-12-9(11)7-5-3-2-4-6-8-10/h3,5,10H,2,4,6-8H2,1H3/b5-3+. The van der Waals surface area contributed by atoms with E-state index in [0.29, 0.717) is 6.42 Å². The summed E-state index contributed by atoms with van der Waals surface area (Å²) in [5, 5.41) is 8.45. The van der Waals surface area contributed by atoms with Crippen LogP contribution in [0.4, 0.5) is 0 Å². The minimum Gasteiger partial charge on any atom is -0.469 e. The number of aliphatic hydroxyl groups excluding tert-OH is 1. The van der Waals surface area contributed by atoms with Crippen LogP contribution in [0.25, 0.3) is 0 Å². The van der Waals surface area contributed by atoms with E-state index in [-0.39, 0.29) is 12.6 Å². The van der Waals surface area contributed by atoms with E-state index in [2.05, 4.69) is 4.74 Å². The number of aliphatic hydroxyl groups is 1. The molecule has 0 aliphatic heterocycles. The summed E-state index contributed by atoms with van der Waals surface area (Å²) in [6.07, 6.45) is 6.78. The number of carbonyl (C=O) groups excluding carboxylic acids is 1. The largest absolute Gasteiger partial charge is 0.469 e. The van der Waals surface area contributed by atoms with E-state index in [1.54, 1.807) is 6.08 Å². The Morgan fingerprint density at radius 3 is 2.75 bits per heavy atom. The number of hydrogen-bond donors (Lipinski definition) is 1. The fraction of sp³-hybridized carbons (Fsp3) is 0.667. The van der Waals surface area contributed by atoms with E-state index < -0.39 is 0 Å². The topological polar surface area (TPSA) is 46.5 Å². The number of esters is 1. The first-order valence-corrected chi connectivity index (χ1v) is 4.14. The molecular weight excluding hydrogens is 156 g/mol. The van der Waals surface area contributed by atoms with Gasteiger partial charge in [-0.15, -0.1) is 0 Å². The number of allylic oxidation sites excluding steroid dienone is 1. The lowest BCUT2D eigenvalue weighted by molar-refractivity contribution is -0.139. The molecule has 0 radical (unpaired) electrons. The molecule has 0 aromatic rings. The van der Waals surface area contributed by atoms with Crippen LogP contribution in [0.1, 0.15) is 25.7 Å². The Kier molecular flexibility index (Phi) is 7.70. The second-order valence-corrected chi connectivity index (χ2v) is 2.47. The quantitative estimate of drug-likeness (QED) is 0.373. The van der Waals surface area contributed by atoms with Crippen molar-refractivity contribution in [3.05, 3.63) is 12.2 Å². The summed E-state index contributed by atoms with van der Waals surface area (Å²) in [5.41, 5.74) is 0. The molecule has 0 aliphatic rings. The van der Waals surface area contributed by atoms with Gasteiger partial charge in [0.25, 0.3) is 0 Å². The molecule has 1 N–H and O–H groups in total. The number of carbonyl (C=O) groups is 1. The van der Waals surface area contributed by atoms with Gasteiger partial charge in [0.15, 0.2) is 0 Å². The summed E-state index contributed by atoms with van der Waals surface area (Å²) < 4.78 is 4.45. The molecule has 0 saturated carbocycles. The summed E-state index contributed by atoms with van der Waals surface area (Å²) in [4.78, 5) is 10.6. The van der Waals surface area contributed by atoms with Gasteiger partial charge in [-0.25, -0.2) is 0 Å². The Morgan fingerprint density at radius 1 is 1.42 bits per heavy atom. The second kappa shape index (κ2) is 8.27. The van der Waals surface area contributed by atoms with Crippen molar-refractivity contribution in [3.63, 3.8) is 0 Å². The predicted molar refractivity (Wildman–Crippen MR) is 46.7 cm³/mol. The molecule has 0 saturated heterocycles. The molecule has 0 rings (SSSR count). The first-order chi connectivity index (χ1) is 5.81. The average Bonchev–Trinajstić information content (AvgIpc) is 2.10. The molecule has 0 aliphatic carbocycles. The zero-order valence-corrected chi connectivity index (χ0v) is 7.45. The van der Waals surface area contributed by atoms with Crippen molar-refractivity contribution in [2.45, 2.75) is 25.7 Å². The van der Waals surface area contributed by atoms with Crippen LogP contribution in [0.15, 0.2) is 12.2 Å². The first-order valence-electron chi connectivity index (χ1n) is 4.14. The molecule has 0 spiro atoms. The van der Waals surface area contributed by atoms with Crippen LogP contribution < -0.4 is 0 Å². The van der Waals surface area contributed by atoms with Crippen LogP contribution in [0.3, 0.4) is 0 Å². The van der Waals surface area contributed by atoms with Gasteiger partial charge in [0, 0.05) is 6.61 Å². The van der Waals surface area contributed by atoms with Crippen LogP contribution in [0.5, 0.6) is 0 Å². The molecule has 0 atom stereocenters. The monoisotopic (exact) mass is 172 g/mol. The fourth-order valence-corrected chi connectivity index (χ4v) is 0.755. The van der Waals surface area contributed by atoms with Crippen LogP contribution in [0.2, 0.25) is 0 Å². The van der Waals surface area contributed by atoms with E-state index in [4.69, 9.17) is 5.11 Å². The van der Waals surface area contributed by atoms with E-state index in [9.17, 15) is 4.79 Å². The molecule has 0 heterocycles. The van der Waals surface area contributed by atoms with Gasteiger partial charge in [-0.2, -0.15) is 0 Å². The first kappa shape index (κ1) is 11.2. The zero-order chi connectivity index (χ0) is 9.23. The lowest BCUT2D eigenvalue weighted by Gasteiger charge is -1.93. The number of rotatable bonds is 6. The van der Waals surface area contributed by atoms with Gasteiger partial charge in [-0.1, -0.05) is 12.2 Å². The second-order valence-electron chi connectivity index (χ2n) is 2.47. The Bertz CT molecular complexity index is 141. The van der Waals surface area contributed by atoms with E-state index in [1.807, 2.05) is 6.08 Å². The molecule has 0 aromatic carbocycles. The van der Waals surface area contributed by atoms with E-state index >= 15 is 0 Å². The lowest BCUT2D eigenvalue weighted by atomic mass is 10.2. The van der Waals surface area contributed by atoms with Gasteiger partial charge in [-0.3, -0.25) is 4.79 Å². The maximum Gasteiger partial charge on any atom is 0.309 e. The molecule has 0 unspecified atom stereocenters. The lowest BCUT2D eigenvalue weighted by Crippen LogP contribution is -1.96. The number of ether oxygens (including phenoxy) is 1. The molecule has 3 heteroatoms. The van der Waals surface area contributed by atoms with Crippen LogP contribution in [-0.4, -0.2) is 24.8 Å². The molecule has 12 heavy (non-hydrogen) atoms. The third-order valence-electron chi connectivity index (χ3n) is 1.46. The highest BCUT2D eigenvalue weighted by Gasteiger charge is 1.92. The Morgan fingerprint density at radius 2 is 2.17 bits per heavy atom. The Balaban J connectivity index is 3.19. The van der Waals surface area contributed by atoms with Gasteiger partial charge >= 0.3 is 5.97 Å². The van der Waals surface area contributed by atoms with E-state index in [0.717, 1.165) is 19.3 Å². The van der Waals surface area contributed by atoms with Crippen molar-refractivity contribution in [1.29, 1.82) is 0 Å². The van der Waals surface area contributed by atoms with E-state index in [1.165, 1.54) is 7.11 Å². The summed E-state index contributed by atoms with van der Waals surface area (Å²) in [7, 11) is 1.38. The van der Waals surface area contributed by atoms with Crippen LogP contribution in [0, 0.1) is 0 Å². The smallest absolute Gasteiger partial charge is 0.309 e. The highest BCUT2D eigenvalue weighted by molar-refractivity contribution is 5.70. The maximum atomic E-state index is 10.6. The summed E-state index contributed by atoms with van der Waals surface area (Å²) in [6.45, 7) is 0.241. The van der Waals surface area contributed by atoms with Crippen LogP contribution in [-0.2, 0) is 9.53 Å². The molecule has 0 aromatic heterocycles. The van der Waals surface area contributed by atoms with Crippen molar-refractivity contribution < 1.29 is 14.6 Å². The van der Waals surface area contributed by atoms with Crippen molar-refractivity contribution in [2.24, 2.45) is 0 Å². The summed E-state index contributed by atoms with van der Waals surface area (Å²) >= 11 is 0. The normalized spacial score (nSPS) is 10.5. The molecule has 3 nitrogen and oxygen atoms in total. The minimum atomic E-state index is -0.214. The van der Waals surface area contributed by atoms with Gasteiger partial charge in [0.05, 0.1) is 13.5 Å². The van der Waals surface area contributed by atoms with Crippen molar-refractivity contribution in [3.8, 4) is 0 Å². The van der Waals surface area contributed by atoms with Gasteiger partial charge in [0.1, 0.15) is 0 Å². The molecule has 0 bridgehead atoms. The number of hydrogen-bond acceptors (Lipinski definition) is 3. The van der Waals surface area contributed by atoms with Gasteiger partial charge in [-0.05, 0) is 19.3 Å². The molecule has 0 amide bonds. The molecular formula is C9H16O3. The third kappa shape index (κ3) is 7.28. The maximum absolute atomic E-state index is 10.6. The average molecular weight is 172 g/mol. The molecule has 0 fully saturated rings. The minimum absolute atomic E-state index is 0.214. The van der Waals surface area contributed by atoms with Crippen molar-refractivity contribution in [1.82, 2.24) is 0 Å². The van der Waals surface area contributed by atoms with Gasteiger partial charge < -0.3 is 9.84 Å². The molecule has 70 valence electrons. The van der Waals surface area contributed by atoms with Crippen LogP contribution >= 0.6 is 0 Å². The Hall–Kier alpha value is -0.830. The van der Waals surface area contributed by atoms with Gasteiger partial charge in [0.2, 0.25) is 0 Å². The summed E-state index contributed by atoms with van der Waals surface area (Å²) in [6, 6.07) is 0. The van der Waals surface area contributed by atoms with Crippen molar-refractivity contribution >= 4 is 5.97 Å². The number of methoxy groups -OCH3 is 1. The zero-order valence-electron chi connectivity index (χ0n) is 7.45. The highest BCUT2D eigenvalue weighted by Crippen LogP contribution is 1.96. The Labute approximate surface area is 73.0 Å². The fourth-order valence-electron chi connectivity index (χ4n) is 0.755. The summed E-state index contributed by atoms with van der Waals surface area (Å²) in [5.74, 6) is -0.214. The third-order valence-corrected chi connectivity index (χ3v) is 1.46. The highest BCUT2D eigenvalue weighted by atomic mass is 16.5.